The Kier molecular flexibility index (Phi) is 6.96. The summed E-state index contributed by atoms with van der Waals surface area (Å²) in [7, 11) is 1.61. The Hall–Kier alpha value is -3.35. The molecule has 1 fully saturated rings. The van der Waals surface area contributed by atoms with Gasteiger partial charge in [0.05, 0.1) is 13.7 Å². The quantitative estimate of drug-likeness (QED) is 0.428. The molecule has 2 heterocycles. The number of rotatable bonds is 9. The minimum atomic E-state index is -0.224. The number of hydrogen-bond donors (Lipinski definition) is 0. The van der Waals surface area contributed by atoms with Crippen molar-refractivity contribution in [1.82, 2.24) is 15.0 Å². The maximum absolute atomic E-state index is 12.6. The molecule has 1 saturated heterocycles. The van der Waals surface area contributed by atoms with Crippen LogP contribution in [0.15, 0.2) is 47.0 Å². The number of nitrogens with zero attached hydrogens (tertiary/aromatic N) is 3. The molecular formula is C26H31N3O4. The Labute approximate surface area is 194 Å². The van der Waals surface area contributed by atoms with Gasteiger partial charge in [-0.2, -0.15) is 4.98 Å². The average Bonchev–Trinajstić information content (AvgIpc) is 3.45. The predicted molar refractivity (Wildman–Crippen MR) is 125 cm³/mol. The minimum absolute atomic E-state index is 0.104. The summed E-state index contributed by atoms with van der Waals surface area (Å²) in [4.78, 5) is 19.1. The molecule has 174 valence electrons. The van der Waals surface area contributed by atoms with Crippen LogP contribution in [-0.2, 0) is 11.3 Å². The highest BCUT2D eigenvalue weighted by Gasteiger charge is 2.36. The Morgan fingerprint density at radius 2 is 1.94 bits per heavy atom. The van der Waals surface area contributed by atoms with E-state index in [1.54, 1.807) is 7.11 Å². The third-order valence-electron chi connectivity index (χ3n) is 5.94. The van der Waals surface area contributed by atoms with Gasteiger partial charge in [0.2, 0.25) is 17.6 Å². The van der Waals surface area contributed by atoms with Crippen LogP contribution in [0.1, 0.15) is 69.0 Å². The molecule has 1 amide bonds. The molecule has 1 aliphatic heterocycles. The lowest BCUT2D eigenvalue weighted by atomic mass is 10.0. The van der Waals surface area contributed by atoms with Crippen molar-refractivity contribution in [2.75, 3.05) is 13.7 Å². The first-order valence-corrected chi connectivity index (χ1v) is 11.5. The minimum Gasteiger partial charge on any atom is -0.493 e. The van der Waals surface area contributed by atoms with Gasteiger partial charge in [0, 0.05) is 18.5 Å². The summed E-state index contributed by atoms with van der Waals surface area (Å²) in [6.07, 6.45) is 2.05. The van der Waals surface area contributed by atoms with Gasteiger partial charge in [0.25, 0.3) is 0 Å². The van der Waals surface area contributed by atoms with E-state index in [4.69, 9.17) is 14.0 Å². The molecule has 0 saturated carbocycles. The number of benzene rings is 2. The molecule has 1 aliphatic rings. The van der Waals surface area contributed by atoms with Crippen molar-refractivity contribution >= 4 is 5.91 Å². The third-order valence-corrected chi connectivity index (χ3v) is 5.94. The highest BCUT2D eigenvalue weighted by atomic mass is 16.5. The van der Waals surface area contributed by atoms with E-state index in [1.807, 2.05) is 23.1 Å². The second-order valence-electron chi connectivity index (χ2n) is 8.64. The molecule has 33 heavy (non-hydrogen) atoms. The lowest BCUT2D eigenvalue weighted by molar-refractivity contribution is -0.129. The van der Waals surface area contributed by atoms with Crippen molar-refractivity contribution < 1.29 is 18.8 Å². The Morgan fingerprint density at radius 3 is 2.64 bits per heavy atom. The first-order valence-electron chi connectivity index (χ1n) is 11.5. The molecular weight excluding hydrogens is 418 g/mol. The maximum atomic E-state index is 12.6. The van der Waals surface area contributed by atoms with Gasteiger partial charge in [-0.3, -0.25) is 4.79 Å². The summed E-state index contributed by atoms with van der Waals surface area (Å²) >= 11 is 0. The lowest BCUT2D eigenvalue weighted by Crippen LogP contribution is -2.27. The molecule has 0 bridgehead atoms. The number of carbonyl (C=O) groups is 1. The van der Waals surface area contributed by atoms with Crippen molar-refractivity contribution in [1.29, 1.82) is 0 Å². The van der Waals surface area contributed by atoms with Gasteiger partial charge < -0.3 is 18.9 Å². The number of carbonyl (C=O) groups excluding carboxylic acids is 1. The van der Waals surface area contributed by atoms with Gasteiger partial charge in [-0.25, -0.2) is 0 Å². The number of likely N-dealkylation sites (tertiary alicyclic amines) is 1. The second kappa shape index (κ2) is 10.1. The largest absolute Gasteiger partial charge is 0.493 e. The molecule has 3 aromatic rings. The third kappa shape index (κ3) is 5.02. The van der Waals surface area contributed by atoms with E-state index >= 15 is 0 Å². The van der Waals surface area contributed by atoms with Gasteiger partial charge in [-0.15, -0.1) is 0 Å². The molecule has 7 nitrogen and oxygen atoms in total. The lowest BCUT2D eigenvalue weighted by Gasteiger charge is -2.22. The van der Waals surface area contributed by atoms with Gasteiger partial charge in [-0.05, 0) is 48.1 Å². The average molecular weight is 450 g/mol. The van der Waals surface area contributed by atoms with Crippen LogP contribution >= 0.6 is 0 Å². The molecule has 7 heteroatoms. The number of methoxy groups -OCH3 is 1. The number of hydrogen-bond acceptors (Lipinski definition) is 6. The monoisotopic (exact) mass is 449 g/mol. The smallest absolute Gasteiger partial charge is 0.249 e. The molecule has 2 aromatic carbocycles. The van der Waals surface area contributed by atoms with E-state index in [-0.39, 0.29) is 11.9 Å². The summed E-state index contributed by atoms with van der Waals surface area (Å²) in [5, 5.41) is 4.18. The molecule has 0 aliphatic carbocycles. The summed E-state index contributed by atoms with van der Waals surface area (Å²) in [5.74, 6) is 2.80. The zero-order valence-electron chi connectivity index (χ0n) is 19.7. The zero-order chi connectivity index (χ0) is 23.4. The van der Waals surface area contributed by atoms with Crippen molar-refractivity contribution in [2.45, 2.75) is 58.5 Å². The van der Waals surface area contributed by atoms with Crippen LogP contribution in [0.5, 0.6) is 11.5 Å². The number of amides is 1. The van der Waals surface area contributed by atoms with Crippen molar-refractivity contribution in [3.05, 3.63) is 59.5 Å². The van der Waals surface area contributed by atoms with E-state index in [0.717, 1.165) is 17.5 Å². The SMILES string of the molecule is CCCOc1ccc(-c2noc(C3CCC(=O)N3Cc3ccc(C(C)C)cc3)n2)cc1OC. The van der Waals surface area contributed by atoms with E-state index in [1.165, 1.54) is 5.56 Å². The van der Waals surface area contributed by atoms with E-state index < -0.39 is 0 Å². The maximum Gasteiger partial charge on any atom is 0.249 e. The van der Waals surface area contributed by atoms with Crippen LogP contribution < -0.4 is 9.47 Å². The second-order valence-corrected chi connectivity index (χ2v) is 8.64. The topological polar surface area (TPSA) is 77.7 Å². The zero-order valence-corrected chi connectivity index (χ0v) is 19.7. The summed E-state index contributed by atoms with van der Waals surface area (Å²) in [6, 6.07) is 13.8. The Balaban J connectivity index is 1.52. The van der Waals surface area contributed by atoms with Crippen LogP contribution in [0.2, 0.25) is 0 Å². The standard InChI is InChI=1S/C26H31N3O4/c1-5-14-32-22-12-10-20(15-23(22)31-4)25-27-26(33-28-25)21-11-13-24(30)29(21)16-18-6-8-19(9-7-18)17(2)3/h6-10,12,15,17,21H,5,11,13-14,16H2,1-4H3. The normalized spacial score (nSPS) is 16.0. The van der Waals surface area contributed by atoms with Crippen molar-refractivity contribution in [3.63, 3.8) is 0 Å². The van der Waals surface area contributed by atoms with Crippen LogP contribution in [0.3, 0.4) is 0 Å². The predicted octanol–water partition coefficient (Wildman–Crippen LogP) is 5.52. The molecule has 0 spiro atoms. The summed E-state index contributed by atoms with van der Waals surface area (Å²) < 4.78 is 16.8. The van der Waals surface area contributed by atoms with Gasteiger partial charge >= 0.3 is 0 Å². The Morgan fingerprint density at radius 1 is 1.15 bits per heavy atom. The van der Waals surface area contributed by atoms with Gasteiger partial charge in [0.15, 0.2) is 11.5 Å². The van der Waals surface area contributed by atoms with Gasteiger partial charge in [-0.1, -0.05) is 50.2 Å². The summed E-state index contributed by atoms with van der Waals surface area (Å²) in [5.41, 5.74) is 3.14. The molecule has 1 unspecified atom stereocenters. The van der Waals surface area contributed by atoms with Crippen molar-refractivity contribution in [3.8, 4) is 22.9 Å². The van der Waals surface area contributed by atoms with Crippen LogP contribution in [-0.4, -0.2) is 34.7 Å². The molecule has 1 atom stereocenters. The van der Waals surface area contributed by atoms with Crippen LogP contribution in [0.4, 0.5) is 0 Å². The molecule has 0 radical (unpaired) electrons. The van der Waals surface area contributed by atoms with E-state index in [0.29, 0.717) is 55.1 Å². The molecule has 1 aromatic heterocycles. The molecule has 0 N–H and O–H groups in total. The first kappa shape index (κ1) is 22.8. The van der Waals surface area contributed by atoms with E-state index in [2.05, 4.69) is 55.2 Å². The number of aromatic nitrogens is 2. The fraction of sp³-hybridized carbons (Fsp3) is 0.423. The highest BCUT2D eigenvalue weighted by Crippen LogP contribution is 2.36. The van der Waals surface area contributed by atoms with Gasteiger partial charge in [0.1, 0.15) is 6.04 Å². The van der Waals surface area contributed by atoms with Crippen LogP contribution in [0, 0.1) is 0 Å². The van der Waals surface area contributed by atoms with E-state index in [9.17, 15) is 4.79 Å². The fourth-order valence-corrected chi connectivity index (χ4v) is 4.02. The first-order chi connectivity index (χ1) is 16.0. The fourth-order valence-electron chi connectivity index (χ4n) is 4.02. The van der Waals surface area contributed by atoms with Crippen LogP contribution in [0.25, 0.3) is 11.4 Å². The number of ether oxygens (including phenoxy) is 2. The molecule has 4 rings (SSSR count). The van der Waals surface area contributed by atoms with Crippen molar-refractivity contribution in [2.24, 2.45) is 0 Å². The highest BCUT2D eigenvalue weighted by molar-refractivity contribution is 5.79. The summed E-state index contributed by atoms with van der Waals surface area (Å²) in [6.45, 7) is 7.54. The Bertz CT molecular complexity index is 1090.